The third-order valence-corrected chi connectivity index (χ3v) is 3.18. The minimum absolute atomic E-state index is 0.0511. The van der Waals surface area contributed by atoms with E-state index >= 15 is 0 Å². The van der Waals surface area contributed by atoms with Gasteiger partial charge in [0, 0.05) is 10.7 Å². The molecule has 0 atom stereocenters. The van der Waals surface area contributed by atoms with E-state index in [0.29, 0.717) is 0 Å². The lowest BCUT2D eigenvalue weighted by Gasteiger charge is -2.05. The van der Waals surface area contributed by atoms with E-state index in [1.165, 1.54) is 0 Å². The Hall–Kier alpha value is -0.400. The van der Waals surface area contributed by atoms with Crippen LogP contribution in [0.1, 0.15) is 5.56 Å². The molecule has 2 aromatic rings. The highest BCUT2D eigenvalue weighted by Gasteiger charge is 2.04. The van der Waals surface area contributed by atoms with Crippen LogP contribution in [0, 0.1) is 3.57 Å². The second kappa shape index (κ2) is 4.63. The molecule has 1 aromatic carbocycles. The summed E-state index contributed by atoms with van der Waals surface area (Å²) in [5.41, 5.74) is 1.85. The minimum Gasteiger partial charge on any atom is -0.392 e. The molecule has 1 aromatic heterocycles. The normalized spacial score (nSPS) is 10.6. The van der Waals surface area contributed by atoms with Crippen LogP contribution in [-0.2, 0) is 6.61 Å². The maximum Gasteiger partial charge on any atom is 0.0788 e. The third-order valence-electron chi connectivity index (χ3n) is 1.99. The number of benzene rings is 1. The monoisotopic (exact) mass is 378 g/mol. The Balaban J connectivity index is 2.45. The summed E-state index contributed by atoms with van der Waals surface area (Å²) in [4.78, 5) is 0. The van der Waals surface area contributed by atoms with E-state index in [1.54, 1.807) is 10.9 Å². The van der Waals surface area contributed by atoms with Gasteiger partial charge in [0.2, 0.25) is 0 Å². The lowest BCUT2D eigenvalue weighted by molar-refractivity contribution is 0.282. The van der Waals surface area contributed by atoms with Crippen LogP contribution in [0.3, 0.4) is 0 Å². The summed E-state index contributed by atoms with van der Waals surface area (Å²) in [6.07, 6.45) is 3.74. The molecule has 0 saturated carbocycles. The molecule has 0 aliphatic heterocycles. The van der Waals surface area contributed by atoms with Crippen molar-refractivity contribution >= 4 is 38.5 Å². The lowest BCUT2D eigenvalue weighted by atomic mass is 10.2. The molecule has 3 nitrogen and oxygen atoms in total. The topological polar surface area (TPSA) is 38.0 Å². The number of aromatic nitrogens is 2. The smallest absolute Gasteiger partial charge is 0.0788 e. The summed E-state index contributed by atoms with van der Waals surface area (Å²) in [6, 6.07) is 5.71. The van der Waals surface area contributed by atoms with E-state index in [-0.39, 0.29) is 6.61 Å². The molecule has 0 aliphatic carbocycles. The highest BCUT2D eigenvalue weighted by molar-refractivity contribution is 14.1. The van der Waals surface area contributed by atoms with Crippen molar-refractivity contribution in [3.8, 4) is 5.69 Å². The summed E-state index contributed by atoms with van der Waals surface area (Å²) < 4.78 is 3.81. The molecule has 0 saturated heterocycles. The van der Waals surface area contributed by atoms with Gasteiger partial charge in [-0.05, 0) is 56.2 Å². The molecule has 0 unspecified atom stereocenters. The molecule has 0 fully saturated rings. The Morgan fingerprint density at radius 1 is 1.47 bits per heavy atom. The van der Waals surface area contributed by atoms with E-state index in [4.69, 9.17) is 5.11 Å². The number of aliphatic hydroxyl groups is 1. The Bertz CT molecular complexity index is 484. The summed E-state index contributed by atoms with van der Waals surface area (Å²) in [7, 11) is 0. The van der Waals surface area contributed by atoms with Gasteiger partial charge >= 0.3 is 0 Å². The number of hydrogen-bond acceptors (Lipinski definition) is 2. The van der Waals surface area contributed by atoms with E-state index in [9.17, 15) is 0 Å². The van der Waals surface area contributed by atoms with Gasteiger partial charge in [-0.3, -0.25) is 0 Å². The summed E-state index contributed by atoms with van der Waals surface area (Å²) in [5.74, 6) is 0. The SMILES string of the molecule is OCc1ccc(-n2cc(I)cn2)c(Br)c1. The predicted octanol–water partition coefficient (Wildman–Crippen LogP) is 2.73. The molecule has 0 bridgehead atoms. The first-order chi connectivity index (χ1) is 7.20. The first-order valence-electron chi connectivity index (χ1n) is 4.30. The third kappa shape index (κ3) is 2.40. The summed E-state index contributed by atoms with van der Waals surface area (Å²) in [6.45, 7) is 0.0511. The van der Waals surface area contributed by atoms with Crippen LogP contribution in [0.15, 0.2) is 35.1 Å². The average Bonchev–Trinajstić information content (AvgIpc) is 2.64. The largest absolute Gasteiger partial charge is 0.392 e. The fourth-order valence-electron chi connectivity index (χ4n) is 1.27. The van der Waals surface area contributed by atoms with Crippen LogP contribution < -0.4 is 0 Å². The van der Waals surface area contributed by atoms with Gasteiger partial charge in [-0.2, -0.15) is 5.10 Å². The van der Waals surface area contributed by atoms with E-state index in [1.807, 2.05) is 24.4 Å². The molecule has 0 amide bonds. The van der Waals surface area contributed by atoms with Gasteiger partial charge < -0.3 is 5.11 Å². The lowest BCUT2D eigenvalue weighted by Crippen LogP contribution is -1.96. The zero-order valence-electron chi connectivity index (χ0n) is 7.69. The minimum atomic E-state index is 0.0511. The Labute approximate surface area is 109 Å². The standard InChI is InChI=1S/C10H8BrIN2O/c11-9-3-7(6-15)1-2-10(9)14-5-8(12)4-13-14/h1-5,15H,6H2. The fraction of sp³-hybridized carbons (Fsp3) is 0.100. The second-order valence-corrected chi connectivity index (χ2v) is 5.15. The number of nitrogens with zero attached hydrogens (tertiary/aromatic N) is 2. The van der Waals surface area contributed by atoms with Crippen molar-refractivity contribution in [2.75, 3.05) is 0 Å². The van der Waals surface area contributed by atoms with Crippen LogP contribution in [0.25, 0.3) is 5.69 Å². The maximum absolute atomic E-state index is 8.98. The van der Waals surface area contributed by atoms with Crippen molar-refractivity contribution < 1.29 is 5.11 Å². The van der Waals surface area contributed by atoms with Gasteiger partial charge in [-0.15, -0.1) is 0 Å². The molecule has 78 valence electrons. The van der Waals surface area contributed by atoms with E-state index in [2.05, 4.69) is 43.6 Å². The van der Waals surface area contributed by atoms with Gasteiger partial charge in [0.15, 0.2) is 0 Å². The number of rotatable bonds is 2. The van der Waals surface area contributed by atoms with Gasteiger partial charge in [-0.25, -0.2) is 4.68 Å². The van der Waals surface area contributed by atoms with Gasteiger partial charge in [-0.1, -0.05) is 6.07 Å². The van der Waals surface area contributed by atoms with Gasteiger partial charge in [0.1, 0.15) is 0 Å². The van der Waals surface area contributed by atoms with E-state index in [0.717, 1.165) is 19.3 Å². The van der Waals surface area contributed by atoms with Crippen molar-refractivity contribution in [1.82, 2.24) is 9.78 Å². The van der Waals surface area contributed by atoms with Crippen LogP contribution in [-0.4, -0.2) is 14.9 Å². The molecule has 5 heteroatoms. The van der Waals surface area contributed by atoms with Crippen LogP contribution in [0.2, 0.25) is 0 Å². The Kier molecular flexibility index (Phi) is 3.42. The number of halogens is 2. The molecular weight excluding hydrogens is 371 g/mol. The van der Waals surface area contributed by atoms with Gasteiger partial charge in [0.05, 0.1) is 22.1 Å². The molecule has 15 heavy (non-hydrogen) atoms. The Morgan fingerprint density at radius 2 is 2.27 bits per heavy atom. The van der Waals surface area contributed by atoms with Crippen LogP contribution >= 0.6 is 38.5 Å². The van der Waals surface area contributed by atoms with Gasteiger partial charge in [0.25, 0.3) is 0 Å². The van der Waals surface area contributed by atoms with Crippen LogP contribution in [0.5, 0.6) is 0 Å². The summed E-state index contributed by atoms with van der Waals surface area (Å²) in [5, 5.41) is 13.2. The van der Waals surface area contributed by atoms with Crippen molar-refractivity contribution in [3.05, 3.63) is 44.2 Å². The maximum atomic E-state index is 8.98. The van der Waals surface area contributed by atoms with Crippen molar-refractivity contribution in [1.29, 1.82) is 0 Å². The molecular formula is C10H8BrIN2O. The number of hydrogen-bond donors (Lipinski definition) is 1. The molecule has 1 N–H and O–H groups in total. The molecule has 0 radical (unpaired) electrons. The molecule has 1 heterocycles. The Morgan fingerprint density at radius 3 is 2.80 bits per heavy atom. The zero-order chi connectivity index (χ0) is 10.8. The fourth-order valence-corrected chi connectivity index (χ4v) is 2.26. The summed E-state index contributed by atoms with van der Waals surface area (Å²) >= 11 is 5.67. The second-order valence-electron chi connectivity index (χ2n) is 3.05. The molecule has 0 aliphatic rings. The molecule has 2 rings (SSSR count). The predicted molar refractivity (Wildman–Crippen MR) is 69.9 cm³/mol. The highest BCUT2D eigenvalue weighted by atomic mass is 127. The average molecular weight is 379 g/mol. The van der Waals surface area contributed by atoms with Crippen molar-refractivity contribution in [2.45, 2.75) is 6.61 Å². The van der Waals surface area contributed by atoms with Crippen LogP contribution in [0.4, 0.5) is 0 Å². The highest BCUT2D eigenvalue weighted by Crippen LogP contribution is 2.22. The molecule has 0 spiro atoms. The first kappa shape index (κ1) is 11.1. The van der Waals surface area contributed by atoms with E-state index < -0.39 is 0 Å². The van der Waals surface area contributed by atoms with Crippen molar-refractivity contribution in [2.24, 2.45) is 0 Å². The zero-order valence-corrected chi connectivity index (χ0v) is 11.4. The first-order valence-corrected chi connectivity index (χ1v) is 6.17. The quantitative estimate of drug-likeness (QED) is 0.816. The van der Waals surface area contributed by atoms with Crippen molar-refractivity contribution in [3.63, 3.8) is 0 Å². The number of aliphatic hydroxyl groups excluding tert-OH is 1.